The van der Waals surface area contributed by atoms with Gasteiger partial charge in [0.15, 0.2) is 0 Å². The summed E-state index contributed by atoms with van der Waals surface area (Å²) in [4.78, 5) is 2.31. The van der Waals surface area contributed by atoms with Crippen molar-refractivity contribution in [2.75, 3.05) is 20.1 Å². The quantitative estimate of drug-likeness (QED) is 0.865. The van der Waals surface area contributed by atoms with Crippen molar-refractivity contribution in [3.8, 4) is 0 Å². The number of hydrogen-bond donors (Lipinski definition) is 1. The van der Waals surface area contributed by atoms with Crippen molar-refractivity contribution in [1.29, 1.82) is 0 Å². The van der Waals surface area contributed by atoms with E-state index < -0.39 is 6.10 Å². The summed E-state index contributed by atoms with van der Waals surface area (Å²) in [5.74, 6) is 2.46. The first-order valence-electron chi connectivity index (χ1n) is 8.24. The maximum atomic E-state index is 13.6. The summed E-state index contributed by atoms with van der Waals surface area (Å²) in [5.41, 5.74) is 0.422. The van der Waals surface area contributed by atoms with Gasteiger partial charge < -0.3 is 10.0 Å². The van der Waals surface area contributed by atoms with Gasteiger partial charge >= 0.3 is 0 Å². The number of hydrogen-bond acceptors (Lipinski definition) is 2. The molecule has 2 bridgehead atoms. The number of benzene rings is 1. The monoisotopic (exact) mass is 291 g/mol. The van der Waals surface area contributed by atoms with Crippen molar-refractivity contribution < 1.29 is 9.50 Å². The van der Waals surface area contributed by atoms with E-state index >= 15 is 0 Å². The molecule has 1 N–H and O–H groups in total. The molecule has 0 aliphatic heterocycles. The van der Waals surface area contributed by atoms with Crippen LogP contribution in [0.25, 0.3) is 0 Å². The predicted octanol–water partition coefficient (Wildman–Crippen LogP) is 3.62. The van der Waals surface area contributed by atoms with Gasteiger partial charge in [0.05, 0.1) is 6.10 Å². The van der Waals surface area contributed by atoms with E-state index in [2.05, 4.69) is 11.9 Å². The average Bonchev–Trinajstić information content (AvgIpc) is 3.08. The first kappa shape index (κ1) is 15.0. The van der Waals surface area contributed by atoms with Gasteiger partial charge in [-0.05, 0) is 56.6 Å². The molecule has 2 saturated carbocycles. The van der Waals surface area contributed by atoms with Crippen molar-refractivity contribution in [1.82, 2.24) is 4.90 Å². The van der Waals surface area contributed by atoms with E-state index in [0.29, 0.717) is 12.0 Å². The lowest BCUT2D eigenvalue weighted by molar-refractivity contribution is 0.135. The topological polar surface area (TPSA) is 23.5 Å². The van der Waals surface area contributed by atoms with E-state index in [1.165, 1.54) is 31.7 Å². The number of aliphatic hydroxyl groups is 1. The molecule has 116 valence electrons. The van der Waals surface area contributed by atoms with Crippen molar-refractivity contribution in [2.45, 2.75) is 38.2 Å². The molecule has 3 rings (SSSR count). The Balaban J connectivity index is 1.45. The first-order valence-corrected chi connectivity index (χ1v) is 8.24. The molecule has 2 nitrogen and oxygen atoms in total. The molecule has 0 spiro atoms. The summed E-state index contributed by atoms with van der Waals surface area (Å²) in [6.45, 7) is 1.95. The largest absolute Gasteiger partial charge is 0.388 e. The highest BCUT2D eigenvalue weighted by Gasteiger charge is 2.39. The molecule has 1 aromatic rings. The van der Waals surface area contributed by atoms with E-state index in [-0.39, 0.29) is 5.82 Å². The Hall–Kier alpha value is -0.930. The van der Waals surface area contributed by atoms with E-state index in [1.54, 1.807) is 18.2 Å². The molecular formula is C18H26FNO. The Bertz CT molecular complexity index is 478. The second kappa shape index (κ2) is 6.45. The summed E-state index contributed by atoms with van der Waals surface area (Å²) >= 11 is 0. The maximum absolute atomic E-state index is 13.6. The van der Waals surface area contributed by atoms with E-state index in [4.69, 9.17) is 0 Å². The molecule has 1 aromatic carbocycles. The highest BCUT2D eigenvalue weighted by Crippen LogP contribution is 2.48. The minimum atomic E-state index is -0.700. The molecular weight excluding hydrogens is 265 g/mol. The molecule has 3 heteroatoms. The number of fused-ring (bicyclic) bond motifs is 2. The molecule has 0 saturated heterocycles. The second-order valence-corrected chi connectivity index (χ2v) is 7.02. The van der Waals surface area contributed by atoms with Crippen LogP contribution in [0.3, 0.4) is 0 Å². The third-order valence-corrected chi connectivity index (χ3v) is 5.48. The summed E-state index contributed by atoms with van der Waals surface area (Å²) in [6.07, 6.45) is 5.59. The lowest BCUT2D eigenvalue weighted by Gasteiger charge is -2.27. The number of rotatable bonds is 6. The van der Waals surface area contributed by atoms with E-state index in [1.807, 2.05) is 0 Å². The van der Waals surface area contributed by atoms with Gasteiger partial charge in [0.2, 0.25) is 0 Å². The zero-order valence-corrected chi connectivity index (χ0v) is 12.8. The molecule has 0 radical (unpaired) electrons. The molecule has 0 amide bonds. The van der Waals surface area contributed by atoms with Crippen LogP contribution in [-0.2, 0) is 0 Å². The fourth-order valence-corrected chi connectivity index (χ4v) is 4.34. The molecule has 0 heterocycles. The number of nitrogens with zero attached hydrogens (tertiary/aromatic N) is 1. The molecule has 0 aromatic heterocycles. The summed E-state index contributed by atoms with van der Waals surface area (Å²) in [5, 5.41) is 10.1. The van der Waals surface area contributed by atoms with Gasteiger partial charge in [-0.25, -0.2) is 4.39 Å². The Morgan fingerprint density at radius 1 is 1.29 bits per heavy atom. The third kappa shape index (κ3) is 3.46. The zero-order chi connectivity index (χ0) is 14.8. The normalized spacial score (nSPS) is 29.2. The predicted molar refractivity (Wildman–Crippen MR) is 82.4 cm³/mol. The van der Waals surface area contributed by atoms with Crippen LogP contribution in [0.2, 0.25) is 0 Å². The minimum Gasteiger partial charge on any atom is -0.388 e. The summed E-state index contributed by atoms with van der Waals surface area (Å²) in [6, 6.07) is 6.53. The van der Waals surface area contributed by atoms with Gasteiger partial charge in [-0.3, -0.25) is 0 Å². The smallest absolute Gasteiger partial charge is 0.128 e. The van der Waals surface area contributed by atoms with Crippen LogP contribution in [0.15, 0.2) is 24.3 Å². The second-order valence-electron chi connectivity index (χ2n) is 7.02. The molecule has 4 unspecified atom stereocenters. The number of aliphatic hydroxyl groups excluding tert-OH is 1. The highest BCUT2D eigenvalue weighted by molar-refractivity contribution is 5.19. The average molecular weight is 291 g/mol. The van der Waals surface area contributed by atoms with Crippen LogP contribution in [0.5, 0.6) is 0 Å². The van der Waals surface area contributed by atoms with Crippen LogP contribution in [0, 0.1) is 23.6 Å². The van der Waals surface area contributed by atoms with Crippen molar-refractivity contribution in [2.24, 2.45) is 17.8 Å². The fraction of sp³-hybridized carbons (Fsp3) is 0.667. The van der Waals surface area contributed by atoms with Crippen molar-refractivity contribution >= 4 is 0 Å². The zero-order valence-electron chi connectivity index (χ0n) is 12.8. The Labute approximate surface area is 127 Å². The van der Waals surface area contributed by atoms with Gasteiger partial charge in [0, 0.05) is 18.7 Å². The van der Waals surface area contributed by atoms with E-state index in [0.717, 1.165) is 30.8 Å². The fourth-order valence-electron chi connectivity index (χ4n) is 4.34. The Morgan fingerprint density at radius 3 is 2.76 bits per heavy atom. The van der Waals surface area contributed by atoms with Crippen molar-refractivity contribution in [3.63, 3.8) is 0 Å². The molecule has 21 heavy (non-hydrogen) atoms. The summed E-state index contributed by atoms with van der Waals surface area (Å²) < 4.78 is 13.6. The van der Waals surface area contributed by atoms with Crippen LogP contribution in [0.1, 0.15) is 43.8 Å². The number of halogens is 1. The maximum Gasteiger partial charge on any atom is 0.128 e. The summed E-state index contributed by atoms with van der Waals surface area (Å²) in [7, 11) is 2.13. The molecule has 2 aliphatic carbocycles. The molecule has 4 atom stereocenters. The van der Waals surface area contributed by atoms with Gasteiger partial charge in [-0.2, -0.15) is 0 Å². The first-order chi connectivity index (χ1) is 10.1. The Morgan fingerprint density at radius 2 is 2.10 bits per heavy atom. The van der Waals surface area contributed by atoms with Gasteiger partial charge in [0.1, 0.15) is 5.82 Å². The molecule has 2 aliphatic rings. The van der Waals surface area contributed by atoms with Crippen molar-refractivity contribution in [3.05, 3.63) is 35.6 Å². The lowest BCUT2D eigenvalue weighted by Crippen LogP contribution is -2.30. The Kier molecular flexibility index (Phi) is 4.60. The van der Waals surface area contributed by atoms with E-state index in [9.17, 15) is 9.50 Å². The SMILES string of the molecule is CN(CCC(O)c1ccccc1F)CC1CC2CCC1C2. The van der Waals surface area contributed by atoms with Gasteiger partial charge in [-0.1, -0.05) is 24.6 Å². The highest BCUT2D eigenvalue weighted by atomic mass is 19.1. The van der Waals surface area contributed by atoms with Gasteiger partial charge in [0.25, 0.3) is 0 Å². The minimum absolute atomic E-state index is 0.305. The van der Waals surface area contributed by atoms with Gasteiger partial charge in [-0.15, -0.1) is 0 Å². The molecule has 2 fully saturated rings. The lowest BCUT2D eigenvalue weighted by atomic mass is 9.88. The van der Waals surface area contributed by atoms with Crippen LogP contribution >= 0.6 is 0 Å². The van der Waals surface area contributed by atoms with Crippen LogP contribution in [0.4, 0.5) is 4.39 Å². The standard InChI is InChI=1S/C18H26FNO/c1-20(12-15-11-13-6-7-14(15)10-13)9-8-18(21)16-4-2-3-5-17(16)19/h2-5,13-15,18,21H,6-12H2,1H3. The third-order valence-electron chi connectivity index (χ3n) is 5.48. The van der Waals surface area contributed by atoms with Crippen LogP contribution in [-0.4, -0.2) is 30.1 Å². The van der Waals surface area contributed by atoms with Crippen LogP contribution < -0.4 is 0 Å².